The summed E-state index contributed by atoms with van der Waals surface area (Å²) in [6, 6.07) is -4.00. The maximum Gasteiger partial charge on any atom is 0.326 e. The van der Waals surface area contributed by atoms with E-state index in [1.165, 1.54) is 0 Å². The second-order valence-corrected chi connectivity index (χ2v) is 8.35. The van der Waals surface area contributed by atoms with Crippen molar-refractivity contribution in [2.24, 2.45) is 17.4 Å². The van der Waals surface area contributed by atoms with Crippen LogP contribution in [-0.4, -0.2) is 82.7 Å². The third kappa shape index (κ3) is 8.42. The predicted molar refractivity (Wildman–Crippen MR) is 114 cm³/mol. The van der Waals surface area contributed by atoms with Crippen molar-refractivity contribution in [3.8, 4) is 0 Å². The van der Waals surface area contributed by atoms with Gasteiger partial charge in [0.25, 0.3) is 0 Å². The van der Waals surface area contributed by atoms with E-state index in [0.717, 1.165) is 11.3 Å². The molecule has 0 bridgehead atoms. The summed E-state index contributed by atoms with van der Waals surface area (Å²) < 4.78 is 0. The van der Waals surface area contributed by atoms with Gasteiger partial charge in [-0.3, -0.25) is 14.4 Å². The third-order valence-corrected chi connectivity index (χ3v) is 5.26. The Balaban J connectivity index is 2.80. The molecule has 0 aromatic heterocycles. The second kappa shape index (κ2) is 13.2. The zero-order valence-corrected chi connectivity index (χ0v) is 18.4. The van der Waals surface area contributed by atoms with E-state index in [4.69, 9.17) is 11.5 Å². The summed E-state index contributed by atoms with van der Waals surface area (Å²) >= 11 is 0. The van der Waals surface area contributed by atoms with Gasteiger partial charge in [0.2, 0.25) is 17.7 Å². The number of hydrogen-bond donors (Lipinski definition) is 6. The van der Waals surface area contributed by atoms with E-state index in [-0.39, 0.29) is 12.5 Å². The van der Waals surface area contributed by atoms with E-state index in [1.807, 2.05) is 13.8 Å². The predicted octanol–water partition coefficient (Wildman–Crippen LogP) is -1.47. The first-order chi connectivity index (χ1) is 14.6. The lowest BCUT2D eigenvalue weighted by molar-refractivity contribution is -0.150. The maximum absolute atomic E-state index is 12.8. The monoisotopic (exact) mass is 443 g/mol. The zero-order chi connectivity index (χ0) is 23.6. The Labute approximate surface area is 182 Å². The molecule has 31 heavy (non-hydrogen) atoms. The molecule has 0 spiro atoms. The fourth-order valence-corrected chi connectivity index (χ4v) is 3.57. The van der Waals surface area contributed by atoms with Gasteiger partial charge in [-0.05, 0) is 44.6 Å². The Morgan fingerprint density at radius 3 is 2.29 bits per heavy atom. The Morgan fingerprint density at radius 2 is 1.74 bits per heavy atom. The summed E-state index contributed by atoms with van der Waals surface area (Å²) in [6.07, 6.45) is 3.02. The Morgan fingerprint density at radius 1 is 1.10 bits per heavy atom. The zero-order valence-electron chi connectivity index (χ0n) is 18.4. The highest BCUT2D eigenvalue weighted by atomic mass is 16.4. The molecule has 4 unspecified atom stereocenters. The number of aliphatic hydroxyl groups excluding tert-OH is 1. The summed E-state index contributed by atoms with van der Waals surface area (Å²) in [5.41, 5.74) is 11.3. The van der Waals surface area contributed by atoms with Gasteiger partial charge < -0.3 is 37.2 Å². The Hall–Kier alpha value is -2.24. The van der Waals surface area contributed by atoms with Crippen LogP contribution in [0.2, 0.25) is 0 Å². The van der Waals surface area contributed by atoms with E-state index >= 15 is 0 Å². The van der Waals surface area contributed by atoms with E-state index in [1.54, 1.807) is 0 Å². The van der Waals surface area contributed by atoms with E-state index < -0.39 is 54.5 Å². The summed E-state index contributed by atoms with van der Waals surface area (Å²) in [7, 11) is 0. The molecular formula is C20H37N5O6. The Bertz CT molecular complexity index is 629. The van der Waals surface area contributed by atoms with Crippen LogP contribution in [0, 0.1) is 5.92 Å². The summed E-state index contributed by atoms with van der Waals surface area (Å²) in [5, 5.41) is 24.0. The van der Waals surface area contributed by atoms with E-state index in [0.29, 0.717) is 38.6 Å². The minimum atomic E-state index is -1.29. The lowest BCUT2D eigenvalue weighted by atomic mass is 10.0. The van der Waals surface area contributed by atoms with Crippen molar-refractivity contribution in [2.45, 2.75) is 76.5 Å². The van der Waals surface area contributed by atoms with Crippen molar-refractivity contribution >= 4 is 23.7 Å². The first-order valence-corrected chi connectivity index (χ1v) is 10.8. The fourth-order valence-electron chi connectivity index (χ4n) is 3.57. The number of aliphatic hydroxyl groups is 1. The number of amides is 3. The van der Waals surface area contributed by atoms with Gasteiger partial charge in [0.15, 0.2) is 0 Å². The molecule has 11 nitrogen and oxygen atoms in total. The van der Waals surface area contributed by atoms with Gasteiger partial charge in [-0.15, -0.1) is 0 Å². The normalized spacial score (nSPS) is 19.0. The molecule has 1 saturated heterocycles. The molecule has 1 heterocycles. The van der Waals surface area contributed by atoms with Crippen molar-refractivity contribution in [3.05, 3.63) is 0 Å². The summed E-state index contributed by atoms with van der Waals surface area (Å²) in [5.74, 6) is -2.83. The highest BCUT2D eigenvalue weighted by Gasteiger charge is 2.38. The molecule has 1 fully saturated rings. The molecule has 1 rings (SSSR count). The van der Waals surface area contributed by atoms with Crippen LogP contribution in [-0.2, 0) is 19.2 Å². The number of carbonyl (C=O) groups is 4. The van der Waals surface area contributed by atoms with Crippen molar-refractivity contribution in [2.75, 3.05) is 19.7 Å². The number of aliphatic carboxylic acids is 1. The number of likely N-dealkylation sites (tertiary alicyclic amines) is 1. The summed E-state index contributed by atoms with van der Waals surface area (Å²) in [4.78, 5) is 50.5. The molecule has 0 aromatic carbocycles. The number of nitrogens with one attached hydrogen (secondary N) is 2. The minimum Gasteiger partial charge on any atom is -0.480 e. The number of nitrogens with two attached hydrogens (primary N) is 2. The molecule has 3 amide bonds. The van der Waals surface area contributed by atoms with Gasteiger partial charge in [-0.1, -0.05) is 20.3 Å². The molecule has 8 N–H and O–H groups in total. The van der Waals surface area contributed by atoms with Crippen molar-refractivity contribution in [1.82, 2.24) is 15.5 Å². The summed E-state index contributed by atoms with van der Waals surface area (Å²) in [6.45, 7) is 3.82. The van der Waals surface area contributed by atoms with Crippen molar-refractivity contribution in [1.29, 1.82) is 0 Å². The van der Waals surface area contributed by atoms with Gasteiger partial charge in [0.1, 0.15) is 18.1 Å². The van der Waals surface area contributed by atoms with Crippen LogP contribution in [0.25, 0.3) is 0 Å². The number of carboxylic acid groups (broad SMARTS) is 1. The number of rotatable bonds is 13. The fraction of sp³-hybridized carbons (Fsp3) is 0.800. The van der Waals surface area contributed by atoms with Crippen LogP contribution in [0.3, 0.4) is 0 Å². The van der Waals surface area contributed by atoms with Crippen LogP contribution in [0.5, 0.6) is 0 Å². The van der Waals surface area contributed by atoms with Crippen LogP contribution in [0.1, 0.15) is 52.4 Å². The molecule has 0 aromatic rings. The SMILES string of the molecule is CC(C)CC(NC(=O)C(N)CCCCN)C(=O)NC(CO)C(=O)N1CCCC1C(=O)O. The number of carboxylic acids is 1. The lowest BCUT2D eigenvalue weighted by Crippen LogP contribution is -2.58. The van der Waals surface area contributed by atoms with Gasteiger partial charge in [-0.2, -0.15) is 0 Å². The van der Waals surface area contributed by atoms with Crippen LogP contribution in [0.4, 0.5) is 0 Å². The second-order valence-electron chi connectivity index (χ2n) is 8.35. The minimum absolute atomic E-state index is 0.0581. The van der Waals surface area contributed by atoms with Crippen LogP contribution in [0.15, 0.2) is 0 Å². The average Bonchev–Trinajstić information content (AvgIpc) is 3.20. The quantitative estimate of drug-likeness (QED) is 0.186. The first kappa shape index (κ1) is 26.8. The molecule has 0 radical (unpaired) electrons. The molecular weight excluding hydrogens is 406 g/mol. The Kier molecular flexibility index (Phi) is 11.4. The van der Waals surface area contributed by atoms with Gasteiger partial charge in [0.05, 0.1) is 12.6 Å². The van der Waals surface area contributed by atoms with E-state index in [2.05, 4.69) is 10.6 Å². The number of hydrogen-bond acceptors (Lipinski definition) is 7. The standard InChI is InChI=1S/C20H37N5O6/c1-12(2)10-14(23-17(27)13(22)6-3-4-8-21)18(28)24-15(11-26)19(29)25-9-5-7-16(25)20(30)31/h12-16,26H,3-11,21-22H2,1-2H3,(H,23,27)(H,24,28)(H,30,31). The van der Waals surface area contributed by atoms with Gasteiger partial charge in [0, 0.05) is 6.54 Å². The topological polar surface area (TPSA) is 188 Å². The molecule has 178 valence electrons. The lowest BCUT2D eigenvalue weighted by Gasteiger charge is -2.28. The molecule has 1 aliphatic rings. The first-order valence-electron chi connectivity index (χ1n) is 10.8. The molecule has 1 aliphatic heterocycles. The molecule has 4 atom stereocenters. The third-order valence-electron chi connectivity index (χ3n) is 5.26. The average molecular weight is 444 g/mol. The molecule has 0 saturated carbocycles. The highest BCUT2D eigenvalue weighted by Crippen LogP contribution is 2.18. The van der Waals surface area contributed by atoms with Gasteiger partial charge in [-0.25, -0.2) is 4.79 Å². The molecule has 11 heteroatoms. The van der Waals surface area contributed by atoms with Crippen LogP contribution < -0.4 is 22.1 Å². The van der Waals surface area contributed by atoms with Crippen LogP contribution >= 0.6 is 0 Å². The molecule has 0 aliphatic carbocycles. The smallest absolute Gasteiger partial charge is 0.326 e. The maximum atomic E-state index is 12.8. The van der Waals surface area contributed by atoms with Crippen molar-refractivity contribution < 1.29 is 29.4 Å². The van der Waals surface area contributed by atoms with Gasteiger partial charge >= 0.3 is 5.97 Å². The van der Waals surface area contributed by atoms with E-state index in [9.17, 15) is 29.4 Å². The largest absolute Gasteiger partial charge is 0.480 e. The number of unbranched alkanes of at least 4 members (excludes halogenated alkanes) is 1. The van der Waals surface area contributed by atoms with Crippen molar-refractivity contribution in [3.63, 3.8) is 0 Å². The number of carbonyl (C=O) groups excluding carboxylic acids is 3. The highest BCUT2D eigenvalue weighted by molar-refractivity contribution is 5.94. The number of nitrogens with zero attached hydrogens (tertiary/aromatic N) is 1.